The van der Waals surface area contributed by atoms with Crippen molar-refractivity contribution in [3.05, 3.63) is 65.7 Å². The van der Waals surface area contributed by atoms with Crippen LogP contribution in [0.3, 0.4) is 0 Å². The second-order valence-corrected chi connectivity index (χ2v) is 4.11. The Hall–Kier alpha value is -2.09. The summed E-state index contributed by atoms with van der Waals surface area (Å²) in [5, 5.41) is 0. The van der Waals surface area contributed by atoms with E-state index in [1.807, 2.05) is 54.6 Å². The van der Waals surface area contributed by atoms with Gasteiger partial charge in [0.2, 0.25) is 0 Å². The normalized spacial score (nSPS) is 11.8. The first-order chi connectivity index (χ1) is 8.86. The van der Waals surface area contributed by atoms with Gasteiger partial charge in [-0.1, -0.05) is 48.5 Å². The molecule has 0 saturated carbocycles. The van der Waals surface area contributed by atoms with Crippen molar-refractivity contribution in [1.29, 1.82) is 0 Å². The maximum atomic E-state index is 10.9. The van der Waals surface area contributed by atoms with Crippen LogP contribution in [0.2, 0.25) is 0 Å². The first-order valence-corrected chi connectivity index (χ1v) is 5.98. The van der Waals surface area contributed by atoms with Crippen LogP contribution in [0.5, 0.6) is 5.75 Å². The van der Waals surface area contributed by atoms with Gasteiger partial charge in [-0.3, -0.25) is 0 Å². The third-order valence-electron chi connectivity index (χ3n) is 3.05. The lowest BCUT2D eigenvalue weighted by Crippen LogP contribution is -2.04. The maximum absolute atomic E-state index is 10.9. The van der Waals surface area contributed by atoms with Gasteiger partial charge in [-0.05, 0) is 11.6 Å². The van der Waals surface area contributed by atoms with Crippen LogP contribution in [0, 0.1) is 0 Å². The lowest BCUT2D eigenvalue weighted by molar-refractivity contribution is -0.108. The molecule has 0 aliphatic heterocycles. The molecular weight excluding hydrogens is 224 g/mol. The molecular formula is C16H16O2. The first-order valence-electron chi connectivity index (χ1n) is 5.98. The zero-order chi connectivity index (χ0) is 12.8. The van der Waals surface area contributed by atoms with E-state index in [0.29, 0.717) is 6.42 Å². The van der Waals surface area contributed by atoms with Crippen LogP contribution in [-0.4, -0.2) is 13.4 Å². The number of ether oxygens (including phenoxy) is 1. The standard InChI is InChI=1S/C16H16O2/c1-18-16-10-6-5-9-15(16)14(11-12-17)13-7-3-2-4-8-13/h2-10,12,14H,11H2,1H3/t14-/m0/s1. The zero-order valence-electron chi connectivity index (χ0n) is 10.4. The highest BCUT2D eigenvalue weighted by atomic mass is 16.5. The third kappa shape index (κ3) is 2.59. The van der Waals surface area contributed by atoms with Crippen LogP contribution >= 0.6 is 0 Å². The summed E-state index contributed by atoms with van der Waals surface area (Å²) < 4.78 is 5.38. The highest BCUT2D eigenvalue weighted by molar-refractivity contribution is 5.55. The smallest absolute Gasteiger partial charge is 0.122 e. The summed E-state index contributed by atoms with van der Waals surface area (Å²) in [4.78, 5) is 10.9. The molecule has 0 amide bonds. The minimum absolute atomic E-state index is 0.0554. The van der Waals surface area contributed by atoms with Crippen molar-refractivity contribution in [3.63, 3.8) is 0 Å². The molecule has 18 heavy (non-hydrogen) atoms. The molecule has 0 bridgehead atoms. The van der Waals surface area contributed by atoms with Crippen molar-refractivity contribution < 1.29 is 9.53 Å². The predicted molar refractivity (Wildman–Crippen MR) is 72.0 cm³/mol. The molecule has 0 N–H and O–H groups in total. The monoisotopic (exact) mass is 240 g/mol. The Morgan fingerprint density at radius 1 is 1.06 bits per heavy atom. The van der Waals surface area contributed by atoms with E-state index in [4.69, 9.17) is 4.74 Å². The van der Waals surface area contributed by atoms with E-state index in [0.717, 1.165) is 23.2 Å². The van der Waals surface area contributed by atoms with Gasteiger partial charge in [-0.2, -0.15) is 0 Å². The van der Waals surface area contributed by atoms with Crippen molar-refractivity contribution in [2.75, 3.05) is 7.11 Å². The largest absolute Gasteiger partial charge is 0.496 e. The average Bonchev–Trinajstić information content (AvgIpc) is 2.46. The van der Waals surface area contributed by atoms with Crippen molar-refractivity contribution >= 4 is 6.29 Å². The Morgan fingerprint density at radius 3 is 2.39 bits per heavy atom. The Bertz CT molecular complexity index is 506. The fourth-order valence-corrected chi connectivity index (χ4v) is 2.18. The number of hydrogen-bond donors (Lipinski definition) is 0. The molecule has 92 valence electrons. The molecule has 0 aliphatic carbocycles. The minimum Gasteiger partial charge on any atom is -0.496 e. The van der Waals surface area contributed by atoms with Crippen LogP contribution in [0.1, 0.15) is 23.5 Å². The number of methoxy groups -OCH3 is 1. The third-order valence-corrected chi connectivity index (χ3v) is 3.05. The quantitative estimate of drug-likeness (QED) is 0.748. The molecule has 0 spiro atoms. The van der Waals surface area contributed by atoms with Crippen LogP contribution in [-0.2, 0) is 4.79 Å². The van der Waals surface area contributed by atoms with Crippen molar-refractivity contribution in [3.8, 4) is 5.75 Å². The summed E-state index contributed by atoms with van der Waals surface area (Å²) in [6.07, 6.45) is 1.43. The van der Waals surface area contributed by atoms with Gasteiger partial charge in [0.25, 0.3) is 0 Å². The van der Waals surface area contributed by atoms with Gasteiger partial charge in [-0.25, -0.2) is 0 Å². The van der Waals surface area contributed by atoms with Gasteiger partial charge in [-0.15, -0.1) is 0 Å². The lowest BCUT2D eigenvalue weighted by atomic mass is 9.88. The van der Waals surface area contributed by atoms with E-state index in [2.05, 4.69) is 0 Å². The second kappa shape index (κ2) is 6.01. The van der Waals surface area contributed by atoms with Gasteiger partial charge in [0.15, 0.2) is 0 Å². The molecule has 0 radical (unpaired) electrons. The molecule has 2 rings (SSSR count). The van der Waals surface area contributed by atoms with Crippen LogP contribution in [0.25, 0.3) is 0 Å². The second-order valence-electron chi connectivity index (χ2n) is 4.11. The molecule has 0 fully saturated rings. The number of carbonyl (C=O) groups is 1. The zero-order valence-corrected chi connectivity index (χ0v) is 10.4. The van der Waals surface area contributed by atoms with Gasteiger partial charge in [0.1, 0.15) is 12.0 Å². The van der Waals surface area contributed by atoms with Crippen LogP contribution < -0.4 is 4.74 Å². The van der Waals surface area contributed by atoms with E-state index in [1.165, 1.54) is 0 Å². The SMILES string of the molecule is COc1ccccc1[C@@H](CC=O)c1ccccc1. The molecule has 2 aromatic carbocycles. The van der Waals surface area contributed by atoms with E-state index in [1.54, 1.807) is 7.11 Å². The summed E-state index contributed by atoms with van der Waals surface area (Å²) in [5.74, 6) is 0.882. The van der Waals surface area contributed by atoms with Gasteiger partial charge in [0.05, 0.1) is 7.11 Å². The first kappa shape index (κ1) is 12.4. The van der Waals surface area contributed by atoms with Crippen LogP contribution in [0.4, 0.5) is 0 Å². The number of hydrogen-bond acceptors (Lipinski definition) is 2. The molecule has 2 heteroatoms. The van der Waals surface area contributed by atoms with Crippen molar-refractivity contribution in [2.45, 2.75) is 12.3 Å². The average molecular weight is 240 g/mol. The van der Waals surface area contributed by atoms with Gasteiger partial charge < -0.3 is 9.53 Å². The van der Waals surface area contributed by atoms with E-state index in [9.17, 15) is 4.79 Å². The summed E-state index contributed by atoms with van der Waals surface area (Å²) >= 11 is 0. The highest BCUT2D eigenvalue weighted by Gasteiger charge is 2.17. The summed E-state index contributed by atoms with van der Waals surface area (Å²) in [6, 6.07) is 17.9. The minimum atomic E-state index is 0.0554. The maximum Gasteiger partial charge on any atom is 0.122 e. The Morgan fingerprint density at radius 2 is 1.72 bits per heavy atom. The molecule has 0 aliphatic rings. The number of benzene rings is 2. The van der Waals surface area contributed by atoms with Crippen molar-refractivity contribution in [2.24, 2.45) is 0 Å². The van der Waals surface area contributed by atoms with Gasteiger partial charge in [0, 0.05) is 17.9 Å². The van der Waals surface area contributed by atoms with E-state index < -0.39 is 0 Å². The Kier molecular flexibility index (Phi) is 4.13. The molecule has 2 nitrogen and oxygen atoms in total. The summed E-state index contributed by atoms with van der Waals surface area (Å²) in [5.41, 5.74) is 2.19. The highest BCUT2D eigenvalue weighted by Crippen LogP contribution is 2.33. The number of para-hydroxylation sites is 1. The number of carbonyl (C=O) groups excluding carboxylic acids is 1. The van der Waals surface area contributed by atoms with Gasteiger partial charge >= 0.3 is 0 Å². The molecule has 1 atom stereocenters. The van der Waals surface area contributed by atoms with E-state index >= 15 is 0 Å². The Balaban J connectivity index is 2.44. The molecule has 0 aromatic heterocycles. The number of aldehydes is 1. The molecule has 0 unspecified atom stereocenters. The Labute approximate surface area is 107 Å². The van der Waals surface area contributed by atoms with Crippen molar-refractivity contribution in [1.82, 2.24) is 0 Å². The summed E-state index contributed by atoms with van der Waals surface area (Å²) in [7, 11) is 1.65. The lowest BCUT2D eigenvalue weighted by Gasteiger charge is -2.18. The van der Waals surface area contributed by atoms with E-state index in [-0.39, 0.29) is 5.92 Å². The summed E-state index contributed by atoms with van der Waals surface area (Å²) in [6.45, 7) is 0. The molecule has 0 saturated heterocycles. The fraction of sp³-hybridized carbons (Fsp3) is 0.188. The molecule has 0 heterocycles. The molecule has 2 aromatic rings. The number of rotatable bonds is 5. The van der Waals surface area contributed by atoms with Crippen LogP contribution in [0.15, 0.2) is 54.6 Å². The predicted octanol–water partition coefficient (Wildman–Crippen LogP) is 3.42. The fourth-order valence-electron chi connectivity index (χ4n) is 2.18. The topological polar surface area (TPSA) is 26.3 Å².